The Hall–Kier alpha value is -1.20. The van der Waals surface area contributed by atoms with E-state index in [0.29, 0.717) is 27.7 Å². The second kappa shape index (κ2) is 7.18. The second-order valence-corrected chi connectivity index (χ2v) is 5.40. The maximum Gasteiger partial charge on any atom is 0.159 e. The Kier molecular flexibility index (Phi) is 5.53. The number of rotatable bonds is 5. The van der Waals surface area contributed by atoms with Crippen molar-refractivity contribution < 1.29 is 13.9 Å². The number of benzene rings is 2. The molecule has 0 aliphatic rings. The van der Waals surface area contributed by atoms with Crippen molar-refractivity contribution in [2.75, 3.05) is 6.54 Å². The summed E-state index contributed by atoms with van der Waals surface area (Å²) in [5.41, 5.74) is 1.10. The van der Waals surface area contributed by atoms with Crippen molar-refractivity contribution in [1.82, 2.24) is 5.32 Å². The van der Waals surface area contributed by atoms with Gasteiger partial charge in [0.05, 0.1) is 6.10 Å². The van der Waals surface area contributed by atoms with Gasteiger partial charge < -0.3 is 10.4 Å². The van der Waals surface area contributed by atoms with Crippen LogP contribution in [-0.2, 0) is 6.54 Å². The van der Waals surface area contributed by atoms with E-state index in [-0.39, 0.29) is 6.54 Å². The minimum Gasteiger partial charge on any atom is -0.387 e. The zero-order valence-electron chi connectivity index (χ0n) is 10.9. The summed E-state index contributed by atoms with van der Waals surface area (Å²) < 4.78 is 25.8. The van der Waals surface area contributed by atoms with Crippen LogP contribution in [0.15, 0.2) is 36.4 Å². The fraction of sp³-hybridized carbons (Fsp3) is 0.200. The molecule has 0 fully saturated rings. The van der Waals surface area contributed by atoms with Crippen molar-refractivity contribution >= 4 is 23.2 Å². The van der Waals surface area contributed by atoms with Crippen LogP contribution >= 0.6 is 23.2 Å². The van der Waals surface area contributed by atoms with Crippen LogP contribution in [0.5, 0.6) is 0 Å². The number of aliphatic hydroxyl groups excluding tert-OH is 1. The number of hydrogen-bond donors (Lipinski definition) is 2. The third kappa shape index (κ3) is 4.38. The van der Waals surface area contributed by atoms with Crippen LogP contribution in [-0.4, -0.2) is 11.7 Å². The average Bonchev–Trinajstić information content (AvgIpc) is 2.45. The molecular weight excluding hydrogens is 319 g/mol. The summed E-state index contributed by atoms with van der Waals surface area (Å²) in [6, 6.07) is 8.49. The van der Waals surface area contributed by atoms with Crippen molar-refractivity contribution in [3.8, 4) is 0 Å². The highest BCUT2D eigenvalue weighted by molar-refractivity contribution is 6.33. The fourth-order valence-corrected chi connectivity index (χ4v) is 2.31. The monoisotopic (exact) mass is 331 g/mol. The van der Waals surface area contributed by atoms with Crippen LogP contribution in [0.1, 0.15) is 17.2 Å². The van der Waals surface area contributed by atoms with Crippen molar-refractivity contribution in [1.29, 1.82) is 0 Å². The van der Waals surface area contributed by atoms with Crippen LogP contribution in [0.2, 0.25) is 10.0 Å². The lowest BCUT2D eigenvalue weighted by atomic mass is 10.1. The molecule has 1 atom stereocenters. The predicted octanol–water partition coefficient (Wildman–Crippen LogP) is 4.09. The average molecular weight is 332 g/mol. The molecule has 2 rings (SSSR count). The summed E-state index contributed by atoms with van der Waals surface area (Å²) >= 11 is 11.8. The van der Waals surface area contributed by atoms with Gasteiger partial charge >= 0.3 is 0 Å². The summed E-state index contributed by atoms with van der Waals surface area (Å²) in [6.45, 7) is 0.505. The summed E-state index contributed by atoms with van der Waals surface area (Å²) in [5, 5.41) is 13.9. The SMILES string of the molecule is OC(CNCc1ccc(F)c(F)c1)c1cc(Cl)ccc1Cl. The summed E-state index contributed by atoms with van der Waals surface area (Å²) in [6.07, 6.45) is -0.846. The third-order valence-corrected chi connectivity index (χ3v) is 3.55. The molecule has 0 amide bonds. The van der Waals surface area contributed by atoms with Crippen molar-refractivity contribution in [3.05, 3.63) is 69.2 Å². The van der Waals surface area contributed by atoms with E-state index in [1.807, 2.05) is 0 Å². The lowest BCUT2D eigenvalue weighted by molar-refractivity contribution is 0.174. The van der Waals surface area contributed by atoms with Gasteiger partial charge in [0.25, 0.3) is 0 Å². The summed E-state index contributed by atoms with van der Waals surface area (Å²) in [4.78, 5) is 0. The molecule has 2 aromatic carbocycles. The highest BCUT2D eigenvalue weighted by Gasteiger charge is 2.12. The maximum absolute atomic E-state index is 13.0. The van der Waals surface area contributed by atoms with Crippen LogP contribution in [0.3, 0.4) is 0 Å². The lowest BCUT2D eigenvalue weighted by Crippen LogP contribution is -2.21. The first kappa shape index (κ1) is 16.2. The van der Waals surface area contributed by atoms with E-state index in [2.05, 4.69) is 5.32 Å². The van der Waals surface area contributed by atoms with E-state index in [0.717, 1.165) is 12.1 Å². The number of nitrogens with one attached hydrogen (secondary N) is 1. The number of hydrogen-bond acceptors (Lipinski definition) is 2. The van der Waals surface area contributed by atoms with Gasteiger partial charge in [0.2, 0.25) is 0 Å². The lowest BCUT2D eigenvalue weighted by Gasteiger charge is -2.14. The van der Waals surface area contributed by atoms with Crippen LogP contribution in [0, 0.1) is 11.6 Å². The number of halogens is 4. The normalized spacial score (nSPS) is 12.4. The van der Waals surface area contributed by atoms with Crippen molar-refractivity contribution in [2.24, 2.45) is 0 Å². The molecule has 0 aliphatic carbocycles. The fourth-order valence-electron chi connectivity index (χ4n) is 1.88. The second-order valence-electron chi connectivity index (χ2n) is 4.56. The molecule has 0 spiro atoms. The minimum atomic E-state index is -0.896. The largest absolute Gasteiger partial charge is 0.387 e. The molecule has 112 valence electrons. The summed E-state index contributed by atoms with van der Waals surface area (Å²) in [5.74, 6) is -1.78. The van der Waals surface area contributed by atoms with E-state index in [1.165, 1.54) is 6.07 Å². The first-order valence-electron chi connectivity index (χ1n) is 6.25. The standard InChI is InChI=1S/C15H13Cl2F2NO/c16-10-2-3-12(17)11(6-10)15(21)8-20-7-9-1-4-13(18)14(19)5-9/h1-6,15,20-21H,7-8H2. The van der Waals surface area contributed by atoms with Gasteiger partial charge in [-0.1, -0.05) is 29.3 Å². The highest BCUT2D eigenvalue weighted by Crippen LogP contribution is 2.26. The Balaban J connectivity index is 1.93. The molecule has 21 heavy (non-hydrogen) atoms. The Labute approximate surface area is 131 Å². The van der Waals surface area contributed by atoms with Crippen LogP contribution in [0.4, 0.5) is 8.78 Å². The topological polar surface area (TPSA) is 32.3 Å². The Morgan fingerprint density at radius 3 is 2.52 bits per heavy atom. The minimum absolute atomic E-state index is 0.207. The van der Waals surface area contributed by atoms with E-state index < -0.39 is 17.7 Å². The Morgan fingerprint density at radius 1 is 1.05 bits per heavy atom. The van der Waals surface area contributed by atoms with Crippen molar-refractivity contribution in [2.45, 2.75) is 12.6 Å². The van der Waals surface area contributed by atoms with Gasteiger partial charge in [-0.2, -0.15) is 0 Å². The predicted molar refractivity (Wildman–Crippen MR) is 79.5 cm³/mol. The highest BCUT2D eigenvalue weighted by atomic mass is 35.5. The van der Waals surface area contributed by atoms with E-state index in [4.69, 9.17) is 23.2 Å². The molecule has 0 aromatic heterocycles. The molecule has 0 aliphatic heterocycles. The molecule has 6 heteroatoms. The number of aliphatic hydroxyl groups is 1. The zero-order chi connectivity index (χ0) is 15.4. The van der Waals surface area contributed by atoms with Gasteiger partial charge in [-0.25, -0.2) is 8.78 Å². The quantitative estimate of drug-likeness (QED) is 0.864. The molecule has 2 N–H and O–H groups in total. The summed E-state index contributed by atoms with van der Waals surface area (Å²) in [7, 11) is 0. The Bertz CT molecular complexity index is 637. The maximum atomic E-state index is 13.0. The third-order valence-electron chi connectivity index (χ3n) is 2.97. The molecule has 0 radical (unpaired) electrons. The smallest absolute Gasteiger partial charge is 0.159 e. The van der Waals surface area contributed by atoms with E-state index in [1.54, 1.807) is 18.2 Å². The van der Waals surface area contributed by atoms with Gasteiger partial charge in [-0.05, 0) is 35.9 Å². The first-order chi connectivity index (χ1) is 9.97. The molecule has 2 aromatic rings. The zero-order valence-corrected chi connectivity index (χ0v) is 12.4. The molecule has 0 bridgehead atoms. The molecule has 0 saturated heterocycles. The van der Waals surface area contributed by atoms with E-state index in [9.17, 15) is 13.9 Å². The van der Waals surface area contributed by atoms with Gasteiger partial charge in [0, 0.05) is 28.7 Å². The van der Waals surface area contributed by atoms with Crippen LogP contribution < -0.4 is 5.32 Å². The van der Waals surface area contributed by atoms with Gasteiger partial charge in [0.1, 0.15) is 0 Å². The molecular formula is C15H13Cl2F2NO. The van der Waals surface area contributed by atoms with E-state index >= 15 is 0 Å². The molecule has 0 saturated carbocycles. The van der Waals surface area contributed by atoms with Gasteiger partial charge in [-0.3, -0.25) is 0 Å². The van der Waals surface area contributed by atoms with Gasteiger partial charge in [0.15, 0.2) is 11.6 Å². The molecule has 0 heterocycles. The Morgan fingerprint density at radius 2 is 1.81 bits per heavy atom. The van der Waals surface area contributed by atoms with Crippen LogP contribution in [0.25, 0.3) is 0 Å². The molecule has 1 unspecified atom stereocenters. The first-order valence-corrected chi connectivity index (χ1v) is 7.00. The van der Waals surface area contributed by atoms with Crippen molar-refractivity contribution in [3.63, 3.8) is 0 Å². The van der Waals surface area contributed by atoms with Gasteiger partial charge in [-0.15, -0.1) is 0 Å². The molecule has 2 nitrogen and oxygen atoms in total.